The van der Waals surface area contributed by atoms with E-state index in [1.165, 1.54) is 27.1 Å². The van der Waals surface area contributed by atoms with E-state index in [1.807, 2.05) is 25.1 Å². The molecular weight excluding hydrogens is 374 g/mol. The van der Waals surface area contributed by atoms with Crippen molar-refractivity contribution in [1.29, 1.82) is 0 Å². The Morgan fingerprint density at radius 3 is 2.69 bits per heavy atom. The Labute approximate surface area is 168 Å². The van der Waals surface area contributed by atoms with E-state index in [1.54, 1.807) is 0 Å². The van der Waals surface area contributed by atoms with Crippen molar-refractivity contribution in [2.75, 3.05) is 14.2 Å². The molecule has 0 spiro atoms. The molecule has 8 nitrogen and oxygen atoms in total. The van der Waals surface area contributed by atoms with Crippen LogP contribution in [0.4, 0.5) is 0 Å². The molecule has 1 aromatic carbocycles. The highest BCUT2D eigenvalue weighted by atomic mass is 16.7. The Bertz CT molecular complexity index is 990. The molecule has 29 heavy (non-hydrogen) atoms. The van der Waals surface area contributed by atoms with Crippen molar-refractivity contribution in [3.05, 3.63) is 29.5 Å². The van der Waals surface area contributed by atoms with Crippen molar-refractivity contribution >= 4 is 28.6 Å². The van der Waals surface area contributed by atoms with Crippen molar-refractivity contribution in [2.45, 2.75) is 57.1 Å². The maximum Gasteiger partial charge on any atom is 0.354 e. The van der Waals surface area contributed by atoms with Crippen LogP contribution in [0.5, 0.6) is 0 Å². The zero-order chi connectivity index (χ0) is 20.6. The van der Waals surface area contributed by atoms with Crippen LogP contribution >= 0.6 is 0 Å². The highest BCUT2D eigenvalue weighted by molar-refractivity contribution is 6.07. The average molecular weight is 399 g/mol. The molecule has 0 N–H and O–H groups in total. The average Bonchev–Trinajstić information content (AvgIpc) is 3.47. The topological polar surface area (TPSA) is 92.0 Å². The second-order valence-corrected chi connectivity index (χ2v) is 7.75. The van der Waals surface area contributed by atoms with Crippen LogP contribution in [0.3, 0.4) is 0 Å². The Balaban J connectivity index is 1.67. The van der Waals surface area contributed by atoms with Crippen molar-refractivity contribution in [1.82, 2.24) is 9.78 Å². The summed E-state index contributed by atoms with van der Waals surface area (Å²) >= 11 is 0. The summed E-state index contributed by atoms with van der Waals surface area (Å²) in [5.41, 5.74) is 1.99. The number of hydrogen-bond donors (Lipinski definition) is 0. The summed E-state index contributed by atoms with van der Waals surface area (Å²) in [5, 5.41) is 10.0. The van der Waals surface area contributed by atoms with Crippen molar-refractivity contribution in [3.63, 3.8) is 0 Å². The lowest BCUT2D eigenvalue weighted by Crippen LogP contribution is -2.42. The Morgan fingerprint density at radius 1 is 1.24 bits per heavy atom. The Hall–Kier alpha value is -2.90. The van der Waals surface area contributed by atoms with E-state index in [4.69, 9.17) is 19.4 Å². The number of aromatic nitrogens is 2. The maximum absolute atomic E-state index is 12.4. The molecule has 1 saturated carbocycles. The van der Waals surface area contributed by atoms with Gasteiger partial charge in [-0.05, 0) is 25.8 Å². The first-order valence-corrected chi connectivity index (χ1v) is 9.87. The number of benzene rings is 1. The molecule has 1 aliphatic carbocycles. The number of carbonyl (C=O) groups is 2. The number of nitrogens with zero attached hydrogens (tertiary/aromatic N) is 3. The molecule has 4 rings (SSSR count). The fourth-order valence-corrected chi connectivity index (χ4v) is 4.30. The number of oxime groups is 1. The number of ether oxygens (including phenoxy) is 2. The molecule has 1 unspecified atom stereocenters. The largest absolute Gasteiger partial charge is 0.469 e. The van der Waals surface area contributed by atoms with E-state index in [9.17, 15) is 9.59 Å². The molecule has 1 aliphatic heterocycles. The SMILES string of the molecule is COC(=O)CC1(C(=O)OC)CC(c2ccc3c(C)nn(C4CCCC4)c3c2)=NO1. The van der Waals surface area contributed by atoms with Crippen LogP contribution in [0.2, 0.25) is 0 Å². The zero-order valence-corrected chi connectivity index (χ0v) is 16.9. The zero-order valence-electron chi connectivity index (χ0n) is 16.9. The smallest absolute Gasteiger partial charge is 0.354 e. The van der Waals surface area contributed by atoms with E-state index in [2.05, 4.69) is 9.84 Å². The molecule has 0 amide bonds. The van der Waals surface area contributed by atoms with Crippen LogP contribution in [-0.4, -0.2) is 47.3 Å². The summed E-state index contributed by atoms with van der Waals surface area (Å²) in [7, 11) is 2.53. The van der Waals surface area contributed by atoms with Crippen LogP contribution in [-0.2, 0) is 23.9 Å². The number of esters is 2. The van der Waals surface area contributed by atoms with Gasteiger partial charge in [0, 0.05) is 17.4 Å². The van der Waals surface area contributed by atoms with Crippen LogP contribution in [0.1, 0.15) is 55.8 Å². The van der Waals surface area contributed by atoms with Crippen molar-refractivity contribution in [3.8, 4) is 0 Å². The van der Waals surface area contributed by atoms with E-state index in [0.717, 1.165) is 35.0 Å². The van der Waals surface area contributed by atoms with Gasteiger partial charge in [0.1, 0.15) is 0 Å². The number of methoxy groups -OCH3 is 2. The number of carbonyl (C=O) groups excluding carboxylic acids is 2. The maximum atomic E-state index is 12.4. The van der Waals surface area contributed by atoms with Crippen molar-refractivity contribution < 1.29 is 23.9 Å². The van der Waals surface area contributed by atoms with Crippen LogP contribution in [0, 0.1) is 6.92 Å². The predicted octanol–water partition coefficient (Wildman–Crippen LogP) is 3.06. The van der Waals surface area contributed by atoms with Gasteiger partial charge in [0.15, 0.2) is 0 Å². The van der Waals surface area contributed by atoms with Gasteiger partial charge < -0.3 is 14.3 Å². The molecule has 154 valence electrons. The number of hydrogen-bond acceptors (Lipinski definition) is 7. The molecule has 1 atom stereocenters. The summed E-state index contributed by atoms with van der Waals surface area (Å²) in [6.07, 6.45) is 4.59. The highest BCUT2D eigenvalue weighted by Crippen LogP contribution is 2.35. The summed E-state index contributed by atoms with van der Waals surface area (Å²) < 4.78 is 11.7. The summed E-state index contributed by atoms with van der Waals surface area (Å²) in [6.45, 7) is 2.02. The molecule has 2 aliphatic rings. The van der Waals surface area contributed by atoms with Crippen LogP contribution < -0.4 is 0 Å². The number of fused-ring (bicyclic) bond motifs is 1. The molecule has 0 bridgehead atoms. The van der Waals surface area contributed by atoms with E-state index in [-0.39, 0.29) is 12.8 Å². The first kappa shape index (κ1) is 19.4. The summed E-state index contributed by atoms with van der Waals surface area (Å²) in [6, 6.07) is 6.43. The minimum Gasteiger partial charge on any atom is -0.469 e. The van der Waals surface area contributed by atoms with Gasteiger partial charge in [-0.3, -0.25) is 9.48 Å². The second kappa shape index (κ2) is 7.50. The van der Waals surface area contributed by atoms with Gasteiger partial charge in [-0.2, -0.15) is 5.10 Å². The summed E-state index contributed by atoms with van der Waals surface area (Å²) in [5.74, 6) is -1.20. The number of rotatable bonds is 5. The number of aryl methyl sites for hydroxylation is 1. The molecule has 2 aromatic rings. The fraction of sp³-hybridized carbons (Fsp3) is 0.524. The third-order valence-electron chi connectivity index (χ3n) is 5.89. The van der Waals surface area contributed by atoms with Gasteiger partial charge in [-0.25, -0.2) is 4.79 Å². The highest BCUT2D eigenvalue weighted by Gasteiger charge is 2.50. The van der Waals surface area contributed by atoms with E-state index in [0.29, 0.717) is 11.8 Å². The summed E-state index contributed by atoms with van der Waals surface area (Å²) in [4.78, 5) is 29.7. The van der Waals surface area contributed by atoms with E-state index >= 15 is 0 Å². The standard InChI is InChI=1S/C21H25N3O5/c1-13-16-9-8-14(10-18(16)24(22-13)15-6-4-5-7-15)17-11-21(29-23-17,20(26)28-3)12-19(25)27-2/h8-10,15H,4-7,11-12H2,1-3H3. The van der Waals surface area contributed by atoms with Gasteiger partial charge in [0.25, 0.3) is 0 Å². The van der Waals surface area contributed by atoms with Crippen molar-refractivity contribution in [2.24, 2.45) is 5.16 Å². The molecule has 8 heteroatoms. The lowest BCUT2D eigenvalue weighted by atomic mass is 9.91. The minimum absolute atomic E-state index is 0.136. The lowest BCUT2D eigenvalue weighted by Gasteiger charge is -2.22. The second-order valence-electron chi connectivity index (χ2n) is 7.75. The van der Waals surface area contributed by atoms with Crippen LogP contribution in [0.15, 0.2) is 23.4 Å². The molecule has 2 heterocycles. The monoisotopic (exact) mass is 399 g/mol. The van der Waals surface area contributed by atoms with Gasteiger partial charge >= 0.3 is 11.9 Å². The first-order valence-electron chi connectivity index (χ1n) is 9.87. The third-order valence-corrected chi connectivity index (χ3v) is 5.89. The Kier molecular flexibility index (Phi) is 5.02. The van der Waals surface area contributed by atoms with Gasteiger partial charge in [0.2, 0.25) is 5.60 Å². The predicted molar refractivity (Wildman–Crippen MR) is 106 cm³/mol. The molecular formula is C21H25N3O5. The third kappa shape index (κ3) is 3.36. The minimum atomic E-state index is -1.49. The van der Waals surface area contributed by atoms with Gasteiger partial charge in [-0.15, -0.1) is 0 Å². The van der Waals surface area contributed by atoms with E-state index < -0.39 is 17.5 Å². The molecule has 0 saturated heterocycles. The lowest BCUT2D eigenvalue weighted by molar-refractivity contribution is -0.173. The molecule has 1 aromatic heterocycles. The molecule has 1 fully saturated rings. The van der Waals surface area contributed by atoms with Gasteiger partial charge in [-0.1, -0.05) is 30.1 Å². The first-order chi connectivity index (χ1) is 14.0. The molecule has 0 radical (unpaired) electrons. The normalized spacial score (nSPS) is 21.8. The fourth-order valence-electron chi connectivity index (χ4n) is 4.30. The van der Waals surface area contributed by atoms with Gasteiger partial charge in [0.05, 0.1) is 43.6 Å². The van der Waals surface area contributed by atoms with Crippen LogP contribution in [0.25, 0.3) is 10.9 Å². The Morgan fingerprint density at radius 2 is 2.00 bits per heavy atom. The quantitative estimate of drug-likeness (QED) is 0.718.